The summed E-state index contributed by atoms with van der Waals surface area (Å²) in [7, 11) is 0. The summed E-state index contributed by atoms with van der Waals surface area (Å²) < 4.78 is 0. The minimum absolute atomic E-state index is 0. The van der Waals surface area contributed by atoms with Gasteiger partial charge in [0.1, 0.15) is 0 Å². The molecule has 4 heavy (non-hydrogen) atoms. The molecule has 0 heterocycles. The van der Waals surface area contributed by atoms with Gasteiger partial charge in [-0.25, -0.2) is 0 Å². The molecule has 0 rings (SSSR count). The van der Waals surface area contributed by atoms with E-state index in [4.69, 9.17) is 0 Å². The first-order valence-corrected chi connectivity index (χ1v) is 0. The van der Waals surface area contributed by atoms with E-state index in [0.29, 0.717) is 0 Å². The molecule has 0 aromatic carbocycles. The van der Waals surface area contributed by atoms with E-state index >= 15 is 0 Å². The fraction of sp³-hybridized carbons (Fsp3) is 0. The van der Waals surface area contributed by atoms with Crippen LogP contribution in [0.25, 0.3) is 0 Å². The van der Waals surface area contributed by atoms with E-state index in [0.717, 1.165) is 0 Å². The van der Waals surface area contributed by atoms with Crippen LogP contribution in [-0.4, -0.2) is 0 Å². The van der Waals surface area contributed by atoms with E-state index in [1.165, 1.54) is 0 Å². The maximum absolute atomic E-state index is 0. The first kappa shape index (κ1) is 34.2. The van der Waals surface area contributed by atoms with Gasteiger partial charge in [0.25, 0.3) is 0 Å². The summed E-state index contributed by atoms with van der Waals surface area (Å²) in [6, 6.07) is 0. The maximum Gasteiger partial charge on any atom is 0 e. The van der Waals surface area contributed by atoms with Gasteiger partial charge in [-0.15, -0.1) is 0 Å². The van der Waals surface area contributed by atoms with Crippen LogP contribution in [0.1, 0.15) is 0 Å². The topological polar surface area (TPSA) is 0 Å². The van der Waals surface area contributed by atoms with Crippen molar-refractivity contribution in [1.29, 1.82) is 0 Å². The SMILES string of the molecule is [Co].[Cu].[Cu].[Mo]. The average Bonchev–Trinajstić information content (AvgIpc) is 0. The van der Waals surface area contributed by atoms with E-state index in [-0.39, 0.29) is 72.0 Å². The number of rotatable bonds is 0. The minimum atomic E-state index is 0. The monoisotopic (exact) mass is 283 g/mol. The predicted octanol–water partition coefficient (Wildman–Crippen LogP) is -0.0100. The molecule has 0 bridgehead atoms. The van der Waals surface area contributed by atoms with Crippen LogP contribution in [0.2, 0.25) is 0 Å². The molecule has 0 aliphatic heterocycles. The van der Waals surface area contributed by atoms with E-state index in [2.05, 4.69) is 0 Å². The van der Waals surface area contributed by atoms with Crippen LogP contribution in [0.5, 0.6) is 0 Å². The zero-order valence-corrected chi connectivity index (χ0v) is 6.28. The molecular formula is CoCu2Mo. The van der Waals surface area contributed by atoms with Crippen molar-refractivity contribution in [3.05, 3.63) is 0 Å². The molecule has 0 amide bonds. The molecule has 0 aliphatic carbocycles. The largest absolute Gasteiger partial charge is 0 e. The second-order valence-electron chi connectivity index (χ2n) is 0. The zero-order valence-electron chi connectivity index (χ0n) is 1.34. The molecule has 0 unspecified atom stereocenters. The molecule has 0 saturated heterocycles. The van der Waals surface area contributed by atoms with E-state index in [1.54, 1.807) is 0 Å². The molecule has 0 nitrogen and oxygen atoms in total. The first-order valence-electron chi connectivity index (χ1n) is 0. The molecule has 0 aliphatic rings. The Hall–Kier alpha value is 2.23. The maximum atomic E-state index is 0. The molecule has 0 aromatic heterocycles. The molecule has 0 aromatic rings. The third-order valence-electron chi connectivity index (χ3n) is 0. The molecule has 0 N–H and O–H groups in total. The van der Waals surface area contributed by atoms with Crippen molar-refractivity contribution in [2.24, 2.45) is 0 Å². The molecule has 0 fully saturated rings. The second-order valence-corrected chi connectivity index (χ2v) is 0. The van der Waals surface area contributed by atoms with Crippen molar-refractivity contribution in [3.63, 3.8) is 0 Å². The summed E-state index contributed by atoms with van der Waals surface area (Å²) in [6.45, 7) is 0. The summed E-state index contributed by atoms with van der Waals surface area (Å²) >= 11 is 0. The average molecular weight is 282 g/mol. The normalized spacial score (nSPS) is 0. The third kappa shape index (κ3) is 8.87. The first-order chi connectivity index (χ1) is 0. The number of hydrogen-bond acceptors (Lipinski definition) is 0. The van der Waals surface area contributed by atoms with Gasteiger partial charge in [0.05, 0.1) is 0 Å². The Kier molecular flexibility index (Phi) is 161. The molecule has 0 atom stereocenters. The van der Waals surface area contributed by atoms with Crippen molar-refractivity contribution in [1.82, 2.24) is 0 Å². The fourth-order valence-electron chi connectivity index (χ4n) is 0. The van der Waals surface area contributed by atoms with Crippen LogP contribution < -0.4 is 0 Å². The van der Waals surface area contributed by atoms with Crippen LogP contribution in [0.15, 0.2) is 0 Å². The molecule has 4 heteroatoms. The Morgan fingerprint density at radius 3 is 0.750 bits per heavy atom. The van der Waals surface area contributed by atoms with Crippen LogP contribution in [0.3, 0.4) is 0 Å². The summed E-state index contributed by atoms with van der Waals surface area (Å²) in [6.07, 6.45) is 0. The van der Waals surface area contributed by atoms with Crippen LogP contribution >= 0.6 is 0 Å². The van der Waals surface area contributed by atoms with Crippen molar-refractivity contribution < 1.29 is 72.0 Å². The molecule has 37 valence electrons. The van der Waals surface area contributed by atoms with Gasteiger partial charge in [0.2, 0.25) is 0 Å². The number of hydrogen-bond donors (Lipinski definition) is 0. The third-order valence-corrected chi connectivity index (χ3v) is 0. The van der Waals surface area contributed by atoms with E-state index < -0.39 is 0 Å². The second kappa shape index (κ2) is 18.8. The van der Waals surface area contributed by atoms with Crippen molar-refractivity contribution >= 4 is 0 Å². The summed E-state index contributed by atoms with van der Waals surface area (Å²) in [4.78, 5) is 0. The van der Waals surface area contributed by atoms with Crippen LogP contribution in [0.4, 0.5) is 0 Å². The minimum Gasteiger partial charge on any atom is 0 e. The Labute approximate surface area is 71.3 Å². The fourth-order valence-corrected chi connectivity index (χ4v) is 0. The Bertz CT molecular complexity index is 6.00. The predicted molar refractivity (Wildman–Crippen MR) is 0 cm³/mol. The standard InChI is InChI=1S/Co.2Cu.Mo. The Morgan fingerprint density at radius 2 is 0.750 bits per heavy atom. The smallest absolute Gasteiger partial charge is 0 e. The van der Waals surface area contributed by atoms with Gasteiger partial charge in [-0.05, 0) is 0 Å². The van der Waals surface area contributed by atoms with Crippen molar-refractivity contribution in [2.75, 3.05) is 0 Å². The Morgan fingerprint density at radius 1 is 0.750 bits per heavy atom. The summed E-state index contributed by atoms with van der Waals surface area (Å²) in [5.74, 6) is 0. The van der Waals surface area contributed by atoms with Gasteiger partial charge in [0.15, 0.2) is 0 Å². The van der Waals surface area contributed by atoms with Gasteiger partial charge >= 0.3 is 0 Å². The van der Waals surface area contributed by atoms with Gasteiger partial charge in [-0.2, -0.15) is 0 Å². The van der Waals surface area contributed by atoms with Crippen LogP contribution in [0, 0.1) is 0 Å². The van der Waals surface area contributed by atoms with E-state index in [1.807, 2.05) is 0 Å². The summed E-state index contributed by atoms with van der Waals surface area (Å²) in [5.41, 5.74) is 0. The van der Waals surface area contributed by atoms with Crippen molar-refractivity contribution in [3.8, 4) is 0 Å². The zero-order chi connectivity index (χ0) is 0. The van der Waals surface area contributed by atoms with Gasteiger partial charge in [-0.3, -0.25) is 0 Å². The quantitative estimate of drug-likeness (QED) is 0.548. The molecular weight excluding hydrogens is 282 g/mol. The van der Waals surface area contributed by atoms with Gasteiger partial charge < -0.3 is 0 Å². The van der Waals surface area contributed by atoms with Crippen molar-refractivity contribution in [2.45, 2.75) is 0 Å². The van der Waals surface area contributed by atoms with E-state index in [9.17, 15) is 0 Å². The van der Waals surface area contributed by atoms with Gasteiger partial charge in [-0.1, -0.05) is 0 Å². The summed E-state index contributed by atoms with van der Waals surface area (Å²) in [5, 5.41) is 0. The molecule has 0 saturated carbocycles. The Balaban J connectivity index is 0. The van der Waals surface area contributed by atoms with Gasteiger partial charge in [0, 0.05) is 72.0 Å². The molecule has 0 spiro atoms. The molecule has 3 radical (unpaired) electrons. The van der Waals surface area contributed by atoms with Crippen LogP contribution in [-0.2, 0) is 72.0 Å².